The highest BCUT2D eigenvalue weighted by Crippen LogP contribution is 2.28. The smallest absolute Gasteiger partial charge is 0.252 e. The molecule has 8 heteroatoms. The number of hydrogen-bond acceptors (Lipinski definition) is 6. The van der Waals surface area contributed by atoms with Crippen LogP contribution in [0, 0.1) is 13.8 Å². The second-order valence-corrected chi connectivity index (χ2v) is 8.09. The van der Waals surface area contributed by atoms with Crippen molar-refractivity contribution in [2.75, 3.05) is 0 Å². The molecule has 3 N–H and O–H groups in total. The normalized spacial score (nSPS) is 13.3. The van der Waals surface area contributed by atoms with Crippen LogP contribution < -0.4 is 5.32 Å². The third-order valence-corrected chi connectivity index (χ3v) is 6.12. The number of carbonyl (C=O) groups is 1. The Kier molecular flexibility index (Phi) is 5.63. The molecule has 4 rings (SSSR count). The molecule has 0 saturated heterocycles. The molecular weight excluding hydrogens is 400 g/mol. The van der Waals surface area contributed by atoms with Gasteiger partial charge in [0.15, 0.2) is 6.10 Å². The predicted molar refractivity (Wildman–Crippen MR) is 115 cm³/mol. The van der Waals surface area contributed by atoms with Crippen LogP contribution in [0.2, 0.25) is 0 Å². The van der Waals surface area contributed by atoms with Gasteiger partial charge in [-0.25, -0.2) is 9.67 Å². The number of aliphatic hydroxyl groups excluding tert-OH is 2. The summed E-state index contributed by atoms with van der Waals surface area (Å²) in [6.45, 7) is 4.01. The topological polar surface area (TPSA) is 100 Å². The van der Waals surface area contributed by atoms with Gasteiger partial charge in [0.1, 0.15) is 11.1 Å². The maximum absolute atomic E-state index is 12.5. The summed E-state index contributed by atoms with van der Waals surface area (Å²) in [5.41, 5.74) is 4.22. The van der Waals surface area contributed by atoms with Crippen molar-refractivity contribution >= 4 is 27.5 Å². The number of benzene rings is 2. The number of rotatable bonds is 6. The van der Waals surface area contributed by atoms with Gasteiger partial charge >= 0.3 is 0 Å². The Morgan fingerprint density at radius 2 is 1.80 bits per heavy atom. The Balaban J connectivity index is 1.46. The van der Waals surface area contributed by atoms with Crippen molar-refractivity contribution in [3.05, 3.63) is 76.6 Å². The van der Waals surface area contributed by atoms with Crippen molar-refractivity contribution in [2.45, 2.75) is 32.6 Å². The maximum atomic E-state index is 12.5. The number of amides is 1. The van der Waals surface area contributed by atoms with Gasteiger partial charge in [-0.3, -0.25) is 4.79 Å². The third kappa shape index (κ3) is 3.85. The highest BCUT2D eigenvalue weighted by Gasteiger charge is 2.28. The maximum Gasteiger partial charge on any atom is 0.252 e. The fraction of sp³-hybridized carbons (Fsp3) is 0.227. The standard InChI is InChI=1S/C22H22N4O3S/c1-13-16(14(2)26(25-13)15-8-4-3-5-9-15)12-23-21(29)19(27)20(28)22-24-17-10-6-7-11-18(17)30-22/h3-11,19-20,27-28H,12H2,1-2H3,(H,23,29). The molecule has 2 aromatic heterocycles. The van der Waals surface area contributed by atoms with Gasteiger partial charge < -0.3 is 15.5 Å². The molecule has 154 valence electrons. The van der Waals surface area contributed by atoms with E-state index in [4.69, 9.17) is 0 Å². The van der Waals surface area contributed by atoms with Gasteiger partial charge in [0.2, 0.25) is 0 Å². The summed E-state index contributed by atoms with van der Waals surface area (Å²) in [6.07, 6.45) is -3.01. The average Bonchev–Trinajstić information content (AvgIpc) is 3.32. The average molecular weight is 423 g/mol. The van der Waals surface area contributed by atoms with Crippen LogP contribution >= 0.6 is 11.3 Å². The summed E-state index contributed by atoms with van der Waals surface area (Å²) < 4.78 is 2.71. The Labute approximate surface area is 177 Å². The van der Waals surface area contributed by atoms with Crippen LogP contribution in [-0.4, -0.2) is 37.0 Å². The quantitative estimate of drug-likeness (QED) is 0.444. The van der Waals surface area contributed by atoms with E-state index in [9.17, 15) is 15.0 Å². The Morgan fingerprint density at radius 3 is 2.53 bits per heavy atom. The molecule has 30 heavy (non-hydrogen) atoms. The predicted octanol–water partition coefficient (Wildman–Crippen LogP) is 2.81. The van der Waals surface area contributed by atoms with Crippen molar-refractivity contribution in [1.29, 1.82) is 0 Å². The summed E-state index contributed by atoms with van der Waals surface area (Å²) in [7, 11) is 0. The lowest BCUT2D eigenvalue weighted by molar-refractivity contribution is -0.135. The van der Waals surface area contributed by atoms with Gasteiger partial charge in [-0.1, -0.05) is 30.3 Å². The molecule has 0 aliphatic heterocycles. The summed E-state index contributed by atoms with van der Waals surface area (Å²) in [5.74, 6) is -0.659. The zero-order valence-electron chi connectivity index (χ0n) is 16.6. The summed E-state index contributed by atoms with van der Waals surface area (Å²) in [6, 6.07) is 17.2. The first kappa shape index (κ1) is 20.2. The number of thiazole rings is 1. The Hall–Kier alpha value is -3.07. The highest BCUT2D eigenvalue weighted by molar-refractivity contribution is 7.18. The van der Waals surface area contributed by atoms with Crippen LogP contribution in [0.15, 0.2) is 54.6 Å². The molecule has 0 bridgehead atoms. The first-order valence-electron chi connectivity index (χ1n) is 9.55. The Morgan fingerprint density at radius 1 is 1.10 bits per heavy atom. The Bertz CT molecular complexity index is 1150. The van der Waals surface area contributed by atoms with Gasteiger partial charge in [0, 0.05) is 17.8 Å². The van der Waals surface area contributed by atoms with E-state index in [1.807, 2.05) is 73.1 Å². The zero-order valence-corrected chi connectivity index (χ0v) is 17.4. The molecule has 2 aromatic carbocycles. The molecule has 2 unspecified atom stereocenters. The van der Waals surface area contributed by atoms with E-state index >= 15 is 0 Å². The first-order valence-corrected chi connectivity index (χ1v) is 10.4. The second kappa shape index (κ2) is 8.35. The molecule has 0 radical (unpaired) electrons. The van der Waals surface area contributed by atoms with Gasteiger partial charge in [-0.2, -0.15) is 5.10 Å². The lowest BCUT2D eigenvalue weighted by Gasteiger charge is -2.15. The van der Waals surface area contributed by atoms with E-state index in [0.29, 0.717) is 5.01 Å². The van der Waals surface area contributed by atoms with Gasteiger partial charge in [-0.05, 0) is 38.1 Å². The van der Waals surface area contributed by atoms with Crippen LogP contribution in [0.4, 0.5) is 0 Å². The zero-order chi connectivity index (χ0) is 21.3. The van der Waals surface area contributed by atoms with E-state index < -0.39 is 18.1 Å². The molecule has 0 saturated carbocycles. The van der Waals surface area contributed by atoms with E-state index in [1.54, 1.807) is 0 Å². The number of para-hydroxylation sites is 2. The monoisotopic (exact) mass is 422 g/mol. The van der Waals surface area contributed by atoms with Crippen LogP contribution in [-0.2, 0) is 11.3 Å². The van der Waals surface area contributed by atoms with Crippen molar-refractivity contribution < 1.29 is 15.0 Å². The van der Waals surface area contributed by atoms with Gasteiger partial charge in [0.05, 0.1) is 21.6 Å². The molecule has 0 aliphatic carbocycles. The largest absolute Gasteiger partial charge is 0.383 e. The van der Waals surface area contributed by atoms with Gasteiger partial charge in [0.25, 0.3) is 5.91 Å². The van der Waals surface area contributed by atoms with Gasteiger partial charge in [-0.15, -0.1) is 11.3 Å². The summed E-state index contributed by atoms with van der Waals surface area (Å²) >= 11 is 1.26. The lowest BCUT2D eigenvalue weighted by atomic mass is 10.1. The number of carbonyl (C=O) groups excluding carboxylic acids is 1. The second-order valence-electron chi connectivity index (χ2n) is 7.02. The fourth-order valence-corrected chi connectivity index (χ4v) is 4.31. The molecule has 2 heterocycles. The summed E-state index contributed by atoms with van der Waals surface area (Å²) in [4.78, 5) is 16.8. The van der Waals surface area contributed by atoms with Crippen molar-refractivity contribution in [2.24, 2.45) is 0 Å². The molecule has 0 fully saturated rings. The minimum atomic E-state index is -1.62. The van der Waals surface area contributed by atoms with E-state index in [2.05, 4.69) is 15.4 Å². The highest BCUT2D eigenvalue weighted by atomic mass is 32.1. The SMILES string of the molecule is Cc1nn(-c2ccccc2)c(C)c1CNC(=O)C(O)C(O)c1nc2ccccc2s1. The number of nitrogens with one attached hydrogen (secondary N) is 1. The molecule has 0 aliphatic rings. The van der Waals surface area contributed by atoms with Crippen LogP contribution in [0.5, 0.6) is 0 Å². The molecule has 1 amide bonds. The van der Waals surface area contributed by atoms with Crippen LogP contribution in [0.3, 0.4) is 0 Å². The van der Waals surface area contributed by atoms with Crippen molar-refractivity contribution in [1.82, 2.24) is 20.1 Å². The van der Waals surface area contributed by atoms with Crippen molar-refractivity contribution in [3.63, 3.8) is 0 Å². The minimum absolute atomic E-state index is 0.201. The minimum Gasteiger partial charge on any atom is -0.383 e. The molecular formula is C22H22N4O3S. The molecule has 2 atom stereocenters. The van der Waals surface area contributed by atoms with E-state index in [-0.39, 0.29) is 6.54 Å². The number of aromatic nitrogens is 3. The lowest BCUT2D eigenvalue weighted by Crippen LogP contribution is -2.38. The number of aliphatic hydroxyl groups is 2. The van der Waals surface area contributed by atoms with Crippen molar-refractivity contribution in [3.8, 4) is 5.69 Å². The number of hydrogen-bond donors (Lipinski definition) is 3. The van der Waals surface area contributed by atoms with E-state index in [1.165, 1.54) is 11.3 Å². The fourth-order valence-electron chi connectivity index (χ4n) is 3.33. The molecule has 0 spiro atoms. The molecule has 4 aromatic rings. The molecule has 7 nitrogen and oxygen atoms in total. The van der Waals surface area contributed by atoms with Crippen LogP contribution in [0.25, 0.3) is 15.9 Å². The van der Waals surface area contributed by atoms with Crippen LogP contribution in [0.1, 0.15) is 28.1 Å². The number of fused-ring (bicyclic) bond motifs is 1. The number of nitrogens with zero attached hydrogens (tertiary/aromatic N) is 3. The summed E-state index contributed by atoms with van der Waals surface area (Å²) in [5, 5.41) is 28.4. The first-order chi connectivity index (χ1) is 14.5. The van der Waals surface area contributed by atoms with E-state index in [0.717, 1.165) is 32.9 Å². The number of aryl methyl sites for hydroxylation is 1. The third-order valence-electron chi connectivity index (χ3n) is 5.01.